The van der Waals surface area contributed by atoms with Gasteiger partial charge in [0.1, 0.15) is 0 Å². The Bertz CT molecular complexity index is 209. The molecule has 0 aromatic carbocycles. The predicted octanol–water partition coefficient (Wildman–Crippen LogP) is 2.24. The van der Waals surface area contributed by atoms with Gasteiger partial charge in [-0.1, -0.05) is 18.2 Å². The normalized spacial score (nSPS) is 27.1. The lowest BCUT2D eigenvalue weighted by Gasteiger charge is -2.24. The quantitative estimate of drug-likeness (QED) is 0.698. The van der Waals surface area contributed by atoms with Gasteiger partial charge in [0.05, 0.1) is 6.61 Å². The van der Waals surface area contributed by atoms with Crippen molar-refractivity contribution in [3.05, 3.63) is 11.6 Å². The molecule has 1 unspecified atom stereocenters. The molecule has 0 amide bonds. The van der Waals surface area contributed by atoms with Crippen LogP contribution in [-0.4, -0.2) is 37.2 Å². The molecule has 3 heteroatoms. The number of hydrogen-bond donors (Lipinski definition) is 0. The van der Waals surface area contributed by atoms with Gasteiger partial charge in [-0.05, 0) is 25.2 Å². The molecule has 1 saturated heterocycles. The molecule has 1 atom stereocenters. The molecule has 1 aliphatic heterocycles. The molecular weight excluding hydrogens is 198 g/mol. The molecule has 1 aliphatic carbocycles. The van der Waals surface area contributed by atoms with Crippen LogP contribution in [0.2, 0.25) is 0 Å². The van der Waals surface area contributed by atoms with E-state index < -0.39 is 0 Å². The van der Waals surface area contributed by atoms with Gasteiger partial charge < -0.3 is 4.74 Å². The van der Waals surface area contributed by atoms with Crippen molar-refractivity contribution in [1.82, 2.24) is 4.90 Å². The molecule has 2 rings (SSSR count). The highest BCUT2D eigenvalue weighted by molar-refractivity contribution is 6.29. The third-order valence-electron chi connectivity index (χ3n) is 2.95. The minimum absolute atomic E-state index is 0.714. The number of hydrogen-bond acceptors (Lipinski definition) is 2. The maximum Gasteiger partial charge on any atom is 0.0507 e. The van der Waals surface area contributed by atoms with Crippen molar-refractivity contribution >= 4 is 11.6 Å². The van der Waals surface area contributed by atoms with Gasteiger partial charge in [-0.15, -0.1) is 0 Å². The molecule has 2 fully saturated rings. The minimum Gasteiger partial charge on any atom is -0.381 e. The summed E-state index contributed by atoms with van der Waals surface area (Å²) >= 11 is 5.86. The number of halogens is 1. The van der Waals surface area contributed by atoms with Crippen LogP contribution >= 0.6 is 11.6 Å². The minimum atomic E-state index is 0.714. The van der Waals surface area contributed by atoms with E-state index in [0.29, 0.717) is 5.92 Å². The van der Waals surface area contributed by atoms with Gasteiger partial charge in [-0.2, -0.15) is 0 Å². The van der Waals surface area contributed by atoms with E-state index in [9.17, 15) is 0 Å². The fourth-order valence-electron chi connectivity index (χ4n) is 2.06. The van der Waals surface area contributed by atoms with E-state index in [1.807, 2.05) is 0 Å². The van der Waals surface area contributed by atoms with Crippen molar-refractivity contribution < 1.29 is 4.74 Å². The zero-order valence-electron chi connectivity index (χ0n) is 8.54. The Kier molecular flexibility index (Phi) is 3.47. The van der Waals surface area contributed by atoms with Crippen LogP contribution in [0.15, 0.2) is 11.6 Å². The van der Waals surface area contributed by atoms with Gasteiger partial charge >= 0.3 is 0 Å². The molecule has 1 heterocycles. The first-order valence-corrected chi connectivity index (χ1v) is 5.78. The summed E-state index contributed by atoms with van der Waals surface area (Å²) in [4.78, 5) is 2.47. The molecule has 2 aliphatic rings. The molecule has 0 aromatic heterocycles. The van der Waals surface area contributed by atoms with Crippen molar-refractivity contribution in [2.75, 3.05) is 26.3 Å². The van der Waals surface area contributed by atoms with E-state index >= 15 is 0 Å². The second kappa shape index (κ2) is 4.65. The van der Waals surface area contributed by atoms with Gasteiger partial charge in [0.15, 0.2) is 0 Å². The highest BCUT2D eigenvalue weighted by Gasteiger charge is 2.31. The van der Waals surface area contributed by atoms with E-state index in [1.165, 1.54) is 19.3 Å². The molecular formula is C11H18ClNO. The van der Waals surface area contributed by atoms with Crippen molar-refractivity contribution in [2.45, 2.75) is 25.3 Å². The lowest BCUT2D eigenvalue weighted by Crippen LogP contribution is -2.32. The predicted molar refractivity (Wildman–Crippen MR) is 58.5 cm³/mol. The number of ether oxygens (including phenoxy) is 1. The molecule has 80 valence electrons. The van der Waals surface area contributed by atoms with Crippen LogP contribution in [0.5, 0.6) is 0 Å². The first kappa shape index (κ1) is 10.5. The van der Waals surface area contributed by atoms with E-state index in [1.54, 1.807) is 0 Å². The van der Waals surface area contributed by atoms with Crippen LogP contribution in [0.4, 0.5) is 0 Å². The first-order chi connectivity index (χ1) is 6.75. The van der Waals surface area contributed by atoms with E-state index in [0.717, 1.165) is 37.4 Å². The summed E-state index contributed by atoms with van der Waals surface area (Å²) < 4.78 is 5.38. The summed E-state index contributed by atoms with van der Waals surface area (Å²) in [5.74, 6) is 0.714. The van der Waals surface area contributed by atoms with E-state index in [-0.39, 0.29) is 0 Å². The fourth-order valence-corrected chi connectivity index (χ4v) is 2.22. The number of nitrogens with zero attached hydrogens (tertiary/aromatic N) is 1. The summed E-state index contributed by atoms with van der Waals surface area (Å²) in [6.45, 7) is 7.62. The van der Waals surface area contributed by atoms with Gasteiger partial charge in [0.25, 0.3) is 0 Å². The molecule has 0 radical (unpaired) electrons. The van der Waals surface area contributed by atoms with Gasteiger partial charge in [0.2, 0.25) is 0 Å². The molecule has 0 aromatic rings. The lowest BCUT2D eigenvalue weighted by molar-refractivity contribution is 0.168. The van der Waals surface area contributed by atoms with Gasteiger partial charge in [-0.3, -0.25) is 4.90 Å². The first-order valence-electron chi connectivity index (χ1n) is 5.41. The average Bonchev–Trinajstić information content (AvgIpc) is 2.85. The largest absolute Gasteiger partial charge is 0.381 e. The second-order valence-corrected chi connectivity index (χ2v) is 4.94. The van der Waals surface area contributed by atoms with Crippen molar-refractivity contribution in [3.63, 3.8) is 0 Å². The van der Waals surface area contributed by atoms with Crippen LogP contribution in [0, 0.1) is 5.92 Å². The summed E-state index contributed by atoms with van der Waals surface area (Å²) in [6, 6.07) is 0.770. The van der Waals surface area contributed by atoms with Crippen molar-refractivity contribution in [3.8, 4) is 0 Å². The van der Waals surface area contributed by atoms with E-state index in [4.69, 9.17) is 16.3 Å². The molecule has 0 N–H and O–H groups in total. The monoisotopic (exact) mass is 215 g/mol. The zero-order valence-corrected chi connectivity index (χ0v) is 9.30. The smallest absolute Gasteiger partial charge is 0.0507 e. The Morgan fingerprint density at radius 1 is 1.43 bits per heavy atom. The van der Waals surface area contributed by atoms with Gasteiger partial charge in [-0.25, -0.2) is 0 Å². The van der Waals surface area contributed by atoms with Crippen LogP contribution in [-0.2, 0) is 4.74 Å². The lowest BCUT2D eigenvalue weighted by atomic mass is 10.1. The highest BCUT2D eigenvalue weighted by Crippen LogP contribution is 2.29. The number of rotatable bonds is 5. The molecule has 2 nitrogen and oxygen atoms in total. The summed E-state index contributed by atoms with van der Waals surface area (Å²) in [5.41, 5.74) is 0. The summed E-state index contributed by atoms with van der Waals surface area (Å²) in [6.07, 6.45) is 3.87. The fraction of sp³-hybridized carbons (Fsp3) is 0.818. The van der Waals surface area contributed by atoms with Crippen LogP contribution in [0.25, 0.3) is 0 Å². The Morgan fingerprint density at radius 3 is 2.71 bits per heavy atom. The Balaban J connectivity index is 1.80. The van der Waals surface area contributed by atoms with Crippen molar-refractivity contribution in [2.24, 2.45) is 5.92 Å². The molecule has 0 bridgehead atoms. The standard InChI is InChI=1S/C11H18ClNO/c1-9(12)6-13(11-2-3-11)7-10-4-5-14-8-10/h10-11H,1-8H2. The van der Waals surface area contributed by atoms with Crippen molar-refractivity contribution in [1.29, 1.82) is 0 Å². The highest BCUT2D eigenvalue weighted by atomic mass is 35.5. The Labute approximate surface area is 90.9 Å². The van der Waals surface area contributed by atoms with Gasteiger partial charge in [0, 0.05) is 30.8 Å². The molecule has 14 heavy (non-hydrogen) atoms. The summed E-state index contributed by atoms with van der Waals surface area (Å²) in [5, 5.41) is 0.760. The summed E-state index contributed by atoms with van der Waals surface area (Å²) in [7, 11) is 0. The topological polar surface area (TPSA) is 12.5 Å². The van der Waals surface area contributed by atoms with Crippen LogP contribution in [0.1, 0.15) is 19.3 Å². The SMILES string of the molecule is C=C(Cl)CN(CC1CCOC1)C1CC1. The Hall–Kier alpha value is -0.0500. The average molecular weight is 216 g/mol. The third kappa shape index (κ3) is 2.97. The molecule has 0 spiro atoms. The zero-order chi connectivity index (χ0) is 9.97. The maximum absolute atomic E-state index is 5.86. The second-order valence-electron chi connectivity index (χ2n) is 4.41. The van der Waals surface area contributed by atoms with Crippen LogP contribution < -0.4 is 0 Å². The third-order valence-corrected chi connectivity index (χ3v) is 3.07. The maximum atomic E-state index is 5.86. The Morgan fingerprint density at radius 2 is 2.21 bits per heavy atom. The molecule has 1 saturated carbocycles. The van der Waals surface area contributed by atoms with E-state index in [2.05, 4.69) is 11.5 Å². The van der Waals surface area contributed by atoms with Crippen LogP contribution in [0.3, 0.4) is 0 Å².